The van der Waals surface area contributed by atoms with E-state index < -0.39 is 37.2 Å². The zero-order valence-electron chi connectivity index (χ0n) is 16.0. The number of carbonyl (C=O) groups is 1. The minimum absolute atomic E-state index is 0.0318. The predicted molar refractivity (Wildman–Crippen MR) is 98.2 cm³/mol. The van der Waals surface area contributed by atoms with Crippen molar-refractivity contribution in [3.8, 4) is 5.75 Å². The number of alkyl halides is 3. The van der Waals surface area contributed by atoms with Crippen molar-refractivity contribution < 1.29 is 22.7 Å². The van der Waals surface area contributed by atoms with Crippen molar-refractivity contribution in [2.24, 2.45) is 0 Å². The number of carbonyl (C=O) groups excluding carboxylic acids is 1. The number of hydrogen-bond donors (Lipinski definition) is 1. The lowest BCUT2D eigenvalue weighted by molar-refractivity contribution is -0.139. The SMILES string of the molecule is CC(C)c1nn(CC(=O)Nc2ccc3nncn3n2)c(=O)cc1OCCC(F)(F)F. The molecule has 3 aromatic heterocycles. The number of nitrogens with zero attached hydrogens (tertiary/aromatic N) is 6. The summed E-state index contributed by atoms with van der Waals surface area (Å²) in [6, 6.07) is 4.16. The highest BCUT2D eigenvalue weighted by Gasteiger charge is 2.27. The Morgan fingerprint density at radius 2 is 2.03 bits per heavy atom. The fraction of sp³-hybridized carbons (Fsp3) is 0.412. The molecule has 0 aliphatic heterocycles. The Bertz CT molecular complexity index is 1110. The quantitative estimate of drug-likeness (QED) is 0.613. The van der Waals surface area contributed by atoms with Crippen molar-refractivity contribution in [1.29, 1.82) is 0 Å². The molecule has 0 saturated heterocycles. The molecule has 0 spiro atoms. The molecule has 0 aliphatic rings. The summed E-state index contributed by atoms with van der Waals surface area (Å²) in [6.45, 7) is 2.44. The maximum absolute atomic E-state index is 12.3. The van der Waals surface area contributed by atoms with Crippen LogP contribution in [-0.2, 0) is 11.3 Å². The molecule has 0 bridgehead atoms. The molecule has 0 unspecified atom stereocenters. The molecule has 0 fully saturated rings. The van der Waals surface area contributed by atoms with Gasteiger partial charge in [-0.25, -0.2) is 4.68 Å². The summed E-state index contributed by atoms with van der Waals surface area (Å²) in [7, 11) is 0. The van der Waals surface area contributed by atoms with Crippen molar-refractivity contribution >= 4 is 17.4 Å². The largest absolute Gasteiger partial charge is 0.491 e. The lowest BCUT2D eigenvalue weighted by atomic mass is 10.1. The number of ether oxygens (including phenoxy) is 1. The first-order valence-electron chi connectivity index (χ1n) is 8.91. The molecule has 1 N–H and O–H groups in total. The van der Waals surface area contributed by atoms with Crippen LogP contribution in [0.5, 0.6) is 5.75 Å². The predicted octanol–water partition coefficient (Wildman–Crippen LogP) is 1.77. The Morgan fingerprint density at radius 3 is 2.73 bits per heavy atom. The van der Waals surface area contributed by atoms with E-state index in [1.807, 2.05) is 0 Å². The number of anilines is 1. The minimum atomic E-state index is -4.37. The lowest BCUT2D eigenvalue weighted by Gasteiger charge is -2.15. The highest BCUT2D eigenvalue weighted by Crippen LogP contribution is 2.24. The summed E-state index contributed by atoms with van der Waals surface area (Å²) < 4.78 is 44.4. The van der Waals surface area contributed by atoms with Crippen molar-refractivity contribution in [2.45, 2.75) is 38.9 Å². The molecule has 0 aromatic carbocycles. The third kappa shape index (κ3) is 5.30. The molecule has 3 heterocycles. The van der Waals surface area contributed by atoms with Gasteiger partial charge in [0.15, 0.2) is 11.5 Å². The van der Waals surface area contributed by atoms with Gasteiger partial charge in [0.1, 0.15) is 24.3 Å². The summed E-state index contributed by atoms with van der Waals surface area (Å²) in [5.41, 5.74) is 0.0842. The van der Waals surface area contributed by atoms with Crippen LogP contribution in [0, 0.1) is 0 Å². The van der Waals surface area contributed by atoms with E-state index in [1.54, 1.807) is 19.9 Å². The number of nitrogens with one attached hydrogen (secondary N) is 1. The number of halogens is 3. The molecule has 0 aliphatic carbocycles. The maximum atomic E-state index is 12.3. The first-order valence-corrected chi connectivity index (χ1v) is 8.91. The highest BCUT2D eigenvalue weighted by molar-refractivity contribution is 5.89. The number of aromatic nitrogens is 6. The van der Waals surface area contributed by atoms with Gasteiger partial charge in [-0.05, 0) is 12.1 Å². The van der Waals surface area contributed by atoms with Crippen LogP contribution in [0.25, 0.3) is 5.65 Å². The first-order chi connectivity index (χ1) is 14.1. The summed E-state index contributed by atoms with van der Waals surface area (Å²) in [5, 5.41) is 18.2. The molecular formula is C17H18F3N7O3. The second-order valence-corrected chi connectivity index (χ2v) is 6.66. The van der Waals surface area contributed by atoms with Gasteiger partial charge in [0, 0.05) is 12.0 Å². The third-order valence-electron chi connectivity index (χ3n) is 3.90. The topological polar surface area (TPSA) is 116 Å². The molecule has 13 heteroatoms. The van der Waals surface area contributed by atoms with E-state index in [0.29, 0.717) is 5.65 Å². The lowest BCUT2D eigenvalue weighted by Crippen LogP contribution is -2.31. The molecule has 3 aromatic rings. The molecule has 10 nitrogen and oxygen atoms in total. The summed E-state index contributed by atoms with van der Waals surface area (Å²) in [5.74, 6) is -0.629. The monoisotopic (exact) mass is 425 g/mol. The van der Waals surface area contributed by atoms with Crippen molar-refractivity contribution in [1.82, 2.24) is 29.6 Å². The van der Waals surface area contributed by atoms with Crippen LogP contribution < -0.4 is 15.6 Å². The van der Waals surface area contributed by atoms with E-state index in [2.05, 4.69) is 25.7 Å². The van der Waals surface area contributed by atoms with Gasteiger partial charge in [0.05, 0.1) is 13.0 Å². The van der Waals surface area contributed by atoms with Gasteiger partial charge in [-0.3, -0.25) is 9.59 Å². The zero-order valence-corrected chi connectivity index (χ0v) is 16.0. The molecule has 3 rings (SSSR count). The van der Waals surface area contributed by atoms with Crippen molar-refractivity contribution in [2.75, 3.05) is 11.9 Å². The highest BCUT2D eigenvalue weighted by atomic mass is 19.4. The standard InChI is InChI=1S/C17H18F3N7O3/c1-10(2)16-11(30-6-5-17(18,19)20)7-15(29)26(25-16)8-14(28)22-12-3-4-13-23-21-9-27(13)24-12/h3-4,7,9-10H,5-6,8H2,1-2H3,(H,22,24,28). The normalized spacial score (nSPS) is 11.8. The van der Waals surface area contributed by atoms with Crippen molar-refractivity contribution in [3.05, 3.63) is 40.6 Å². The summed E-state index contributed by atoms with van der Waals surface area (Å²) >= 11 is 0. The van der Waals surface area contributed by atoms with Crippen LogP contribution in [0.2, 0.25) is 0 Å². The van der Waals surface area contributed by atoms with Gasteiger partial charge in [0.25, 0.3) is 5.56 Å². The van der Waals surface area contributed by atoms with Crippen molar-refractivity contribution in [3.63, 3.8) is 0 Å². The Kier molecular flexibility index (Phi) is 5.99. The summed E-state index contributed by atoms with van der Waals surface area (Å²) in [4.78, 5) is 24.6. The van der Waals surface area contributed by atoms with Gasteiger partial charge in [-0.2, -0.15) is 22.8 Å². The van der Waals surface area contributed by atoms with E-state index in [9.17, 15) is 22.8 Å². The number of hydrogen-bond acceptors (Lipinski definition) is 7. The van der Waals surface area contributed by atoms with Crippen LogP contribution in [0.4, 0.5) is 19.0 Å². The molecule has 30 heavy (non-hydrogen) atoms. The van der Waals surface area contributed by atoms with Gasteiger partial charge in [0.2, 0.25) is 5.91 Å². The van der Waals surface area contributed by atoms with Gasteiger partial charge < -0.3 is 10.1 Å². The van der Waals surface area contributed by atoms with Crippen LogP contribution in [-0.4, -0.2) is 48.3 Å². The number of fused-ring (bicyclic) bond motifs is 1. The minimum Gasteiger partial charge on any atom is -0.491 e. The first kappa shape index (κ1) is 21.2. The van der Waals surface area contributed by atoms with E-state index in [1.165, 1.54) is 16.9 Å². The average Bonchev–Trinajstić information content (AvgIpc) is 3.10. The molecular weight excluding hydrogens is 407 g/mol. The third-order valence-corrected chi connectivity index (χ3v) is 3.90. The Labute approximate surface area is 167 Å². The van der Waals surface area contributed by atoms with Gasteiger partial charge >= 0.3 is 6.18 Å². The molecule has 160 valence electrons. The van der Waals surface area contributed by atoms with Crippen LogP contribution in [0.3, 0.4) is 0 Å². The smallest absolute Gasteiger partial charge is 0.392 e. The number of amides is 1. The Morgan fingerprint density at radius 1 is 1.27 bits per heavy atom. The van der Waals surface area contributed by atoms with Crippen LogP contribution in [0.15, 0.2) is 29.3 Å². The molecule has 0 radical (unpaired) electrons. The average molecular weight is 425 g/mol. The van der Waals surface area contributed by atoms with E-state index in [4.69, 9.17) is 4.74 Å². The fourth-order valence-corrected chi connectivity index (χ4v) is 2.51. The van der Waals surface area contributed by atoms with E-state index >= 15 is 0 Å². The molecule has 0 atom stereocenters. The van der Waals surface area contributed by atoms with Gasteiger partial charge in [-0.1, -0.05) is 13.8 Å². The Hall–Kier alpha value is -3.51. The van der Waals surface area contributed by atoms with Crippen LogP contribution in [0.1, 0.15) is 31.9 Å². The number of rotatable bonds is 7. The zero-order chi connectivity index (χ0) is 21.9. The second-order valence-electron chi connectivity index (χ2n) is 6.66. The van der Waals surface area contributed by atoms with Gasteiger partial charge in [-0.15, -0.1) is 15.3 Å². The fourth-order valence-electron chi connectivity index (χ4n) is 2.51. The van der Waals surface area contributed by atoms with E-state index in [-0.39, 0.29) is 23.2 Å². The van der Waals surface area contributed by atoms with E-state index in [0.717, 1.165) is 10.7 Å². The maximum Gasteiger partial charge on any atom is 0.392 e. The Balaban J connectivity index is 1.73. The molecule has 1 amide bonds. The molecule has 0 saturated carbocycles. The second kappa shape index (κ2) is 8.47. The van der Waals surface area contributed by atoms with Crippen LogP contribution >= 0.6 is 0 Å². The summed E-state index contributed by atoms with van der Waals surface area (Å²) in [6.07, 6.45) is -4.16.